The molecule has 1 aromatic carbocycles. The Labute approximate surface area is 121 Å². The van der Waals surface area contributed by atoms with Gasteiger partial charge in [-0.2, -0.15) is 0 Å². The van der Waals surface area contributed by atoms with Gasteiger partial charge in [0.25, 0.3) is 0 Å². The van der Waals surface area contributed by atoms with Gasteiger partial charge in [0.2, 0.25) is 0 Å². The average molecular weight is 290 g/mol. The molecule has 0 saturated carbocycles. The molecule has 0 saturated heterocycles. The third-order valence-corrected chi connectivity index (χ3v) is 5.12. The lowest BCUT2D eigenvalue weighted by Gasteiger charge is -2.32. The van der Waals surface area contributed by atoms with Gasteiger partial charge >= 0.3 is 0 Å². The minimum absolute atomic E-state index is 0.0635. The Hall–Kier alpha value is -1.52. The second-order valence-electron chi connectivity index (χ2n) is 5.22. The van der Waals surface area contributed by atoms with Crippen LogP contribution in [-0.2, 0) is 15.6 Å². The zero-order chi connectivity index (χ0) is 14.9. The van der Waals surface area contributed by atoms with Crippen LogP contribution in [0.5, 0.6) is 0 Å². The van der Waals surface area contributed by atoms with E-state index in [4.69, 9.17) is 0 Å². The number of rotatable bonds is 3. The van der Waals surface area contributed by atoms with E-state index in [1.54, 1.807) is 26.0 Å². The molecule has 0 unspecified atom stereocenters. The molecule has 1 aliphatic rings. The molecule has 0 radical (unpaired) electrons. The highest BCUT2D eigenvalue weighted by molar-refractivity contribution is 7.85. The quantitative estimate of drug-likeness (QED) is 0.929. The van der Waals surface area contributed by atoms with Crippen molar-refractivity contribution in [3.63, 3.8) is 0 Å². The maximum absolute atomic E-state index is 12.4. The van der Waals surface area contributed by atoms with E-state index in [-0.39, 0.29) is 11.5 Å². The summed E-state index contributed by atoms with van der Waals surface area (Å²) in [5.74, 6) is -0.0700. The van der Waals surface area contributed by atoms with E-state index in [0.29, 0.717) is 16.0 Å². The van der Waals surface area contributed by atoms with E-state index in [1.807, 2.05) is 19.1 Å². The van der Waals surface area contributed by atoms with Crippen LogP contribution in [0.1, 0.15) is 19.4 Å². The molecule has 3 nitrogen and oxygen atoms in total. The molecule has 0 aromatic heterocycles. The van der Waals surface area contributed by atoms with E-state index in [2.05, 4.69) is 0 Å². The normalized spacial score (nSPS) is 19.3. The Balaban J connectivity index is 2.26. The van der Waals surface area contributed by atoms with Crippen molar-refractivity contribution in [1.29, 1.82) is 0 Å². The second kappa shape index (κ2) is 5.46. The van der Waals surface area contributed by atoms with Crippen LogP contribution in [0.15, 0.2) is 52.5 Å². The standard InChI is InChI=1S/C16H18O3S/c1-11-4-6-15(7-5-11)20(19)10-16(18)12(2)8-14(17)9-13(16)3/h4-9,18H,10H2,1-3H3/t20-/m1/s1. The summed E-state index contributed by atoms with van der Waals surface area (Å²) in [6.07, 6.45) is 2.80. The van der Waals surface area contributed by atoms with Crippen molar-refractivity contribution in [2.75, 3.05) is 5.75 Å². The van der Waals surface area contributed by atoms with Crippen LogP contribution in [0.4, 0.5) is 0 Å². The summed E-state index contributed by atoms with van der Waals surface area (Å²) in [7, 11) is -1.32. The van der Waals surface area contributed by atoms with Crippen molar-refractivity contribution < 1.29 is 14.1 Å². The van der Waals surface area contributed by atoms with Gasteiger partial charge in [-0.15, -0.1) is 0 Å². The van der Waals surface area contributed by atoms with E-state index in [9.17, 15) is 14.1 Å². The average Bonchev–Trinajstić information content (AvgIpc) is 2.37. The van der Waals surface area contributed by atoms with Gasteiger partial charge < -0.3 is 5.11 Å². The van der Waals surface area contributed by atoms with Crippen molar-refractivity contribution in [2.24, 2.45) is 0 Å². The van der Waals surface area contributed by atoms with Crippen LogP contribution in [0.3, 0.4) is 0 Å². The summed E-state index contributed by atoms with van der Waals surface area (Å²) in [5, 5.41) is 10.7. The molecule has 0 fully saturated rings. The predicted molar refractivity (Wildman–Crippen MR) is 79.9 cm³/mol. The summed E-state index contributed by atoms with van der Waals surface area (Å²) in [5.41, 5.74) is 0.884. The number of aliphatic hydroxyl groups is 1. The maximum atomic E-state index is 12.4. The Morgan fingerprint density at radius 2 is 1.55 bits per heavy atom. The fraction of sp³-hybridized carbons (Fsp3) is 0.312. The summed E-state index contributed by atoms with van der Waals surface area (Å²) >= 11 is 0. The molecule has 0 aliphatic heterocycles. The minimum Gasteiger partial charge on any atom is -0.380 e. The molecule has 106 valence electrons. The SMILES string of the molecule is CC1=CC(=O)C=C(C)C1(O)C[S@@](=O)c1ccc(C)cc1. The van der Waals surface area contributed by atoms with E-state index in [0.717, 1.165) is 5.56 Å². The molecule has 1 N–H and O–H groups in total. The number of aryl methyl sites for hydroxylation is 1. The van der Waals surface area contributed by atoms with Gasteiger partial charge in [-0.05, 0) is 56.2 Å². The number of allylic oxidation sites excluding steroid dienone is 2. The molecule has 0 spiro atoms. The molecule has 20 heavy (non-hydrogen) atoms. The maximum Gasteiger partial charge on any atom is 0.178 e. The molecule has 0 heterocycles. The lowest BCUT2D eigenvalue weighted by atomic mass is 9.84. The van der Waals surface area contributed by atoms with E-state index >= 15 is 0 Å². The van der Waals surface area contributed by atoms with Gasteiger partial charge in [0.1, 0.15) is 5.60 Å². The Morgan fingerprint density at radius 1 is 1.05 bits per heavy atom. The van der Waals surface area contributed by atoms with E-state index < -0.39 is 16.4 Å². The van der Waals surface area contributed by atoms with Crippen LogP contribution >= 0.6 is 0 Å². The second-order valence-corrected chi connectivity index (χ2v) is 6.67. The summed E-state index contributed by atoms with van der Waals surface area (Å²) < 4.78 is 12.4. The van der Waals surface area contributed by atoms with Crippen molar-refractivity contribution in [2.45, 2.75) is 31.3 Å². The first-order chi connectivity index (χ1) is 9.33. The number of hydrogen-bond donors (Lipinski definition) is 1. The predicted octanol–water partition coefficient (Wildman–Crippen LogP) is 2.31. The van der Waals surface area contributed by atoms with E-state index in [1.165, 1.54) is 12.2 Å². The summed E-state index contributed by atoms with van der Waals surface area (Å²) in [6.45, 7) is 5.36. The zero-order valence-electron chi connectivity index (χ0n) is 11.8. The lowest BCUT2D eigenvalue weighted by molar-refractivity contribution is -0.110. The topological polar surface area (TPSA) is 54.4 Å². The highest BCUT2D eigenvalue weighted by Crippen LogP contribution is 2.31. The molecule has 1 aromatic rings. The Morgan fingerprint density at radius 3 is 2.05 bits per heavy atom. The first-order valence-electron chi connectivity index (χ1n) is 6.42. The molecule has 1 aliphatic carbocycles. The molecule has 4 heteroatoms. The largest absolute Gasteiger partial charge is 0.380 e. The van der Waals surface area contributed by atoms with Crippen LogP contribution in [0, 0.1) is 6.92 Å². The van der Waals surface area contributed by atoms with Gasteiger partial charge in [-0.3, -0.25) is 9.00 Å². The molecule has 0 bridgehead atoms. The van der Waals surface area contributed by atoms with Crippen molar-refractivity contribution in [3.8, 4) is 0 Å². The van der Waals surface area contributed by atoms with Gasteiger partial charge in [0.15, 0.2) is 5.78 Å². The zero-order valence-corrected chi connectivity index (χ0v) is 12.7. The lowest BCUT2D eigenvalue weighted by Crippen LogP contribution is -2.40. The van der Waals surface area contributed by atoms with Crippen molar-refractivity contribution in [3.05, 3.63) is 53.1 Å². The number of ketones is 1. The Bertz CT molecular complexity index is 602. The molecule has 2 rings (SSSR count). The molecule has 0 amide bonds. The monoisotopic (exact) mass is 290 g/mol. The van der Waals surface area contributed by atoms with Crippen molar-refractivity contribution in [1.82, 2.24) is 0 Å². The third kappa shape index (κ3) is 2.81. The summed E-state index contributed by atoms with van der Waals surface area (Å²) in [6, 6.07) is 7.40. The minimum atomic E-state index is -1.32. The van der Waals surface area contributed by atoms with Crippen LogP contribution in [0.2, 0.25) is 0 Å². The smallest absolute Gasteiger partial charge is 0.178 e. The Kier molecular flexibility index (Phi) is 4.06. The molecule has 1 atom stereocenters. The third-order valence-electron chi connectivity index (χ3n) is 3.65. The first kappa shape index (κ1) is 14.9. The van der Waals surface area contributed by atoms with Crippen LogP contribution in [-0.4, -0.2) is 26.5 Å². The number of carbonyl (C=O) groups excluding carboxylic acids is 1. The van der Waals surface area contributed by atoms with Gasteiger partial charge in [-0.1, -0.05) is 17.7 Å². The number of hydrogen-bond acceptors (Lipinski definition) is 3. The molecular weight excluding hydrogens is 272 g/mol. The number of benzene rings is 1. The van der Waals surface area contributed by atoms with Crippen molar-refractivity contribution >= 4 is 16.6 Å². The van der Waals surface area contributed by atoms with Gasteiger partial charge in [0, 0.05) is 4.90 Å². The van der Waals surface area contributed by atoms with Crippen LogP contribution in [0.25, 0.3) is 0 Å². The number of carbonyl (C=O) groups is 1. The fourth-order valence-corrected chi connectivity index (χ4v) is 3.65. The highest BCUT2D eigenvalue weighted by Gasteiger charge is 2.36. The van der Waals surface area contributed by atoms with Gasteiger partial charge in [0.05, 0.1) is 16.6 Å². The molecular formula is C16H18O3S. The summed E-state index contributed by atoms with van der Waals surface area (Å²) in [4.78, 5) is 12.1. The first-order valence-corrected chi connectivity index (χ1v) is 7.74. The fourth-order valence-electron chi connectivity index (χ4n) is 2.21. The highest BCUT2D eigenvalue weighted by atomic mass is 32.2. The van der Waals surface area contributed by atoms with Gasteiger partial charge in [-0.25, -0.2) is 0 Å². The van der Waals surface area contributed by atoms with Crippen LogP contribution < -0.4 is 0 Å².